The van der Waals surface area contributed by atoms with Crippen molar-refractivity contribution in [2.75, 3.05) is 45.3 Å². The third-order valence-corrected chi connectivity index (χ3v) is 4.68. The van der Waals surface area contributed by atoms with Gasteiger partial charge in [0, 0.05) is 44.3 Å². The minimum atomic E-state index is -0.912. The smallest absolute Gasteiger partial charge is 0.325 e. The first-order valence-electron chi connectivity index (χ1n) is 8.48. The molecule has 1 atom stereocenters. The Morgan fingerprint density at radius 3 is 2.12 bits per heavy atom. The molecule has 7 heteroatoms. The van der Waals surface area contributed by atoms with Crippen LogP contribution in [0.3, 0.4) is 0 Å². The Kier molecular flexibility index (Phi) is 5.58. The molecular weight excluding hydrogens is 334 g/mol. The summed E-state index contributed by atoms with van der Waals surface area (Å²) in [6, 6.07) is 8.44. The first-order valence-corrected chi connectivity index (χ1v) is 8.48. The molecule has 2 heterocycles. The number of rotatable bonds is 6. The van der Waals surface area contributed by atoms with E-state index in [1.54, 1.807) is 44.8 Å². The van der Waals surface area contributed by atoms with Crippen molar-refractivity contribution in [2.24, 2.45) is 0 Å². The van der Waals surface area contributed by atoms with Gasteiger partial charge in [0.15, 0.2) is 0 Å². The van der Waals surface area contributed by atoms with Crippen molar-refractivity contribution in [3.8, 4) is 11.5 Å². The number of carbonyl (C=O) groups is 1. The highest BCUT2D eigenvalue weighted by Crippen LogP contribution is 2.37. The summed E-state index contributed by atoms with van der Waals surface area (Å²) in [5.74, 6) is 0.131. The van der Waals surface area contributed by atoms with Crippen molar-refractivity contribution in [3.05, 3.63) is 48.3 Å². The van der Waals surface area contributed by atoms with E-state index in [2.05, 4.69) is 9.88 Å². The van der Waals surface area contributed by atoms with E-state index in [1.165, 1.54) is 0 Å². The molecule has 26 heavy (non-hydrogen) atoms. The quantitative estimate of drug-likeness (QED) is 0.848. The molecule has 1 aromatic heterocycles. The highest BCUT2D eigenvalue weighted by atomic mass is 16.5. The molecule has 1 aliphatic rings. The largest absolute Gasteiger partial charge is 0.496 e. The average Bonchev–Trinajstić information content (AvgIpc) is 2.69. The van der Waals surface area contributed by atoms with E-state index in [-0.39, 0.29) is 0 Å². The number of benzene rings is 1. The van der Waals surface area contributed by atoms with E-state index >= 15 is 0 Å². The summed E-state index contributed by atoms with van der Waals surface area (Å²) in [6.07, 6.45) is 3.53. The molecule has 0 amide bonds. The van der Waals surface area contributed by atoms with E-state index in [1.807, 2.05) is 17.0 Å². The Morgan fingerprint density at radius 2 is 1.62 bits per heavy atom. The molecule has 0 unspecified atom stereocenters. The third-order valence-electron chi connectivity index (χ3n) is 4.68. The molecule has 138 valence electrons. The van der Waals surface area contributed by atoms with Crippen molar-refractivity contribution in [3.63, 3.8) is 0 Å². The topological polar surface area (TPSA) is 75.1 Å². The number of hydrogen-bond acceptors (Lipinski definition) is 6. The lowest BCUT2D eigenvalue weighted by molar-refractivity contribution is -0.143. The average molecular weight is 357 g/mol. The van der Waals surface area contributed by atoms with Crippen molar-refractivity contribution in [1.82, 2.24) is 9.88 Å². The number of carboxylic acid groups (broad SMARTS) is 1. The highest BCUT2D eigenvalue weighted by Gasteiger charge is 2.34. The summed E-state index contributed by atoms with van der Waals surface area (Å²) in [5.41, 5.74) is 1.66. The molecule has 1 fully saturated rings. The lowest BCUT2D eigenvalue weighted by Crippen LogP contribution is -2.49. The second-order valence-electron chi connectivity index (χ2n) is 6.05. The zero-order valence-electron chi connectivity index (χ0n) is 15.0. The maximum absolute atomic E-state index is 12.1. The van der Waals surface area contributed by atoms with Gasteiger partial charge in [-0.3, -0.25) is 14.7 Å². The number of pyridine rings is 1. The minimum Gasteiger partial charge on any atom is -0.496 e. The van der Waals surface area contributed by atoms with Gasteiger partial charge in [0.1, 0.15) is 17.5 Å². The summed E-state index contributed by atoms with van der Waals surface area (Å²) in [5, 5.41) is 9.93. The first-order chi connectivity index (χ1) is 12.7. The number of nitrogens with zero attached hydrogens (tertiary/aromatic N) is 3. The molecule has 1 saturated heterocycles. The standard InChI is InChI=1S/C19H23N3O4/c1-25-15-4-3-5-16(26-2)17(15)18(19(23)24)22-12-10-21(11-13-22)14-6-8-20-9-7-14/h3-9,18H,10-13H2,1-2H3,(H,23,24)/t18-/m0/s1. The Morgan fingerprint density at radius 1 is 1.04 bits per heavy atom. The van der Waals surface area contributed by atoms with Crippen molar-refractivity contribution >= 4 is 11.7 Å². The number of carboxylic acids is 1. The molecule has 0 radical (unpaired) electrons. The molecule has 3 rings (SSSR count). The van der Waals surface area contributed by atoms with Crippen LogP contribution in [0.25, 0.3) is 0 Å². The van der Waals surface area contributed by atoms with Gasteiger partial charge in [0.05, 0.1) is 19.8 Å². The van der Waals surface area contributed by atoms with Crippen molar-refractivity contribution < 1.29 is 19.4 Å². The second-order valence-corrected chi connectivity index (χ2v) is 6.05. The van der Waals surface area contributed by atoms with Crippen LogP contribution >= 0.6 is 0 Å². The monoisotopic (exact) mass is 357 g/mol. The Hall–Kier alpha value is -2.80. The maximum Gasteiger partial charge on any atom is 0.325 e. The number of ether oxygens (including phenoxy) is 2. The van der Waals surface area contributed by atoms with Gasteiger partial charge in [-0.25, -0.2) is 0 Å². The molecule has 0 spiro atoms. The molecular formula is C19H23N3O4. The summed E-state index contributed by atoms with van der Waals surface area (Å²) in [4.78, 5) is 20.3. The van der Waals surface area contributed by atoms with Crippen LogP contribution in [0.15, 0.2) is 42.7 Å². The fraction of sp³-hybridized carbons (Fsp3) is 0.368. The van der Waals surface area contributed by atoms with Gasteiger partial charge in [-0.15, -0.1) is 0 Å². The number of methoxy groups -OCH3 is 2. The van der Waals surface area contributed by atoms with Crippen LogP contribution in [0.4, 0.5) is 5.69 Å². The van der Waals surface area contributed by atoms with Crippen LogP contribution in [0, 0.1) is 0 Å². The van der Waals surface area contributed by atoms with E-state index in [0.717, 1.165) is 18.8 Å². The molecule has 0 aliphatic carbocycles. The Bertz CT molecular complexity index is 723. The molecule has 7 nitrogen and oxygen atoms in total. The number of anilines is 1. The SMILES string of the molecule is COc1cccc(OC)c1[C@@H](C(=O)O)N1CCN(c2ccncc2)CC1. The molecule has 1 aromatic carbocycles. The van der Waals surface area contributed by atoms with Crippen molar-refractivity contribution in [2.45, 2.75) is 6.04 Å². The van der Waals surface area contributed by atoms with E-state index < -0.39 is 12.0 Å². The Balaban J connectivity index is 1.84. The van der Waals surface area contributed by atoms with E-state index in [0.29, 0.717) is 30.2 Å². The van der Waals surface area contributed by atoms with Gasteiger partial charge >= 0.3 is 5.97 Å². The highest BCUT2D eigenvalue weighted by molar-refractivity contribution is 5.78. The predicted octanol–water partition coefficient (Wildman–Crippen LogP) is 2.05. The van der Waals surface area contributed by atoms with Crippen LogP contribution < -0.4 is 14.4 Å². The number of aliphatic carboxylic acids is 1. The van der Waals surface area contributed by atoms with Crippen LogP contribution in [0.2, 0.25) is 0 Å². The lowest BCUT2D eigenvalue weighted by atomic mass is 10.0. The summed E-state index contributed by atoms with van der Waals surface area (Å²) in [7, 11) is 3.08. The minimum absolute atomic E-state index is 0.522. The zero-order chi connectivity index (χ0) is 18.5. The van der Waals surface area contributed by atoms with Crippen LogP contribution in [0.5, 0.6) is 11.5 Å². The fourth-order valence-electron chi connectivity index (χ4n) is 3.40. The molecule has 2 aromatic rings. The molecule has 0 bridgehead atoms. The fourth-order valence-corrected chi connectivity index (χ4v) is 3.40. The van der Waals surface area contributed by atoms with Crippen LogP contribution in [-0.4, -0.2) is 61.4 Å². The van der Waals surface area contributed by atoms with Crippen LogP contribution in [-0.2, 0) is 4.79 Å². The van der Waals surface area contributed by atoms with Crippen LogP contribution in [0.1, 0.15) is 11.6 Å². The maximum atomic E-state index is 12.1. The van der Waals surface area contributed by atoms with Crippen molar-refractivity contribution in [1.29, 1.82) is 0 Å². The third kappa shape index (κ3) is 3.57. The van der Waals surface area contributed by atoms with Gasteiger partial charge in [-0.1, -0.05) is 6.07 Å². The second kappa shape index (κ2) is 8.05. The number of piperazine rings is 1. The Labute approximate surface area is 152 Å². The first kappa shape index (κ1) is 18.0. The normalized spacial score (nSPS) is 16.2. The summed E-state index contributed by atoms with van der Waals surface area (Å²) >= 11 is 0. The molecule has 1 N–H and O–H groups in total. The number of aromatic nitrogens is 1. The summed E-state index contributed by atoms with van der Waals surface area (Å²) in [6.45, 7) is 2.73. The lowest BCUT2D eigenvalue weighted by Gasteiger charge is -2.39. The molecule has 1 aliphatic heterocycles. The van der Waals surface area contributed by atoms with Gasteiger partial charge in [0.2, 0.25) is 0 Å². The summed E-state index contributed by atoms with van der Waals surface area (Å²) < 4.78 is 10.8. The van der Waals surface area contributed by atoms with Gasteiger partial charge in [-0.2, -0.15) is 0 Å². The number of hydrogen-bond donors (Lipinski definition) is 1. The zero-order valence-corrected chi connectivity index (χ0v) is 15.0. The van der Waals surface area contributed by atoms with E-state index in [9.17, 15) is 9.90 Å². The van der Waals surface area contributed by atoms with Gasteiger partial charge < -0.3 is 19.5 Å². The predicted molar refractivity (Wildman–Crippen MR) is 97.9 cm³/mol. The van der Waals surface area contributed by atoms with Gasteiger partial charge in [-0.05, 0) is 24.3 Å². The molecule has 0 saturated carbocycles. The van der Waals surface area contributed by atoms with Gasteiger partial charge in [0.25, 0.3) is 0 Å². The van der Waals surface area contributed by atoms with E-state index in [4.69, 9.17) is 9.47 Å².